The van der Waals surface area contributed by atoms with Crippen LogP contribution in [0.1, 0.15) is 27.0 Å². The van der Waals surface area contributed by atoms with Crippen LogP contribution in [0, 0.1) is 20.8 Å². The largest absolute Gasteiger partial charge is 0.298 e. The summed E-state index contributed by atoms with van der Waals surface area (Å²) in [6.07, 6.45) is 0.857. The Morgan fingerprint density at radius 1 is 1.25 bits per heavy atom. The highest BCUT2D eigenvalue weighted by atomic mass is 35.5. The van der Waals surface area contributed by atoms with E-state index in [-0.39, 0.29) is 0 Å². The van der Waals surface area contributed by atoms with Gasteiger partial charge in [0.2, 0.25) is 0 Å². The van der Waals surface area contributed by atoms with E-state index in [0.717, 1.165) is 23.0 Å². The summed E-state index contributed by atoms with van der Waals surface area (Å²) in [6.45, 7) is 5.73. The highest BCUT2D eigenvalue weighted by Gasteiger charge is 2.07. The lowest BCUT2D eigenvalue weighted by atomic mass is 10.0. The summed E-state index contributed by atoms with van der Waals surface area (Å²) in [4.78, 5) is 10.7. The van der Waals surface area contributed by atoms with Crippen LogP contribution in [-0.4, -0.2) is 6.29 Å². The van der Waals surface area contributed by atoms with Crippen LogP contribution in [0.2, 0.25) is 5.02 Å². The van der Waals surface area contributed by atoms with Crippen LogP contribution in [0.4, 0.5) is 0 Å². The summed E-state index contributed by atoms with van der Waals surface area (Å²) in [5, 5.41) is 0.697. The molecule has 0 spiro atoms. The predicted molar refractivity (Wildman–Crippen MR) is 51.1 cm³/mol. The van der Waals surface area contributed by atoms with Crippen molar-refractivity contribution in [1.29, 1.82) is 0 Å². The zero-order valence-electron chi connectivity index (χ0n) is 7.44. The molecule has 0 fully saturated rings. The molecule has 0 aliphatic heterocycles. The zero-order chi connectivity index (χ0) is 9.30. The van der Waals surface area contributed by atoms with Gasteiger partial charge < -0.3 is 0 Å². The number of aryl methyl sites for hydroxylation is 2. The molecule has 0 unspecified atom stereocenters. The minimum absolute atomic E-state index is 0.697. The highest BCUT2D eigenvalue weighted by molar-refractivity contribution is 6.32. The van der Waals surface area contributed by atoms with E-state index >= 15 is 0 Å². The van der Waals surface area contributed by atoms with Gasteiger partial charge in [0.15, 0.2) is 6.29 Å². The minimum Gasteiger partial charge on any atom is -0.298 e. The molecule has 64 valence electrons. The van der Waals surface area contributed by atoms with Crippen molar-refractivity contribution >= 4 is 17.9 Å². The number of carbonyl (C=O) groups is 1. The molecule has 1 nitrogen and oxygen atoms in total. The fourth-order valence-corrected chi connectivity index (χ4v) is 1.51. The molecule has 1 rings (SSSR count). The van der Waals surface area contributed by atoms with E-state index < -0.39 is 0 Å². The standard InChI is InChI=1S/C10H11ClO/c1-6-4-7(2)10(11)8(3)9(6)5-12/h4-5H,1-3H3. The SMILES string of the molecule is Cc1cc(C)c(C=O)c(C)c1Cl. The van der Waals surface area contributed by atoms with Gasteiger partial charge in [-0.2, -0.15) is 0 Å². The molecule has 0 aromatic heterocycles. The number of hydrogen-bond acceptors (Lipinski definition) is 1. The van der Waals surface area contributed by atoms with Crippen molar-refractivity contribution in [3.63, 3.8) is 0 Å². The third-order valence-corrected chi connectivity index (χ3v) is 2.64. The molecule has 0 saturated carbocycles. The zero-order valence-corrected chi connectivity index (χ0v) is 8.20. The molecular weight excluding hydrogens is 172 g/mol. The van der Waals surface area contributed by atoms with Crippen LogP contribution in [0.3, 0.4) is 0 Å². The second kappa shape index (κ2) is 3.28. The summed E-state index contributed by atoms with van der Waals surface area (Å²) in [7, 11) is 0. The molecule has 0 bridgehead atoms. The highest BCUT2D eigenvalue weighted by Crippen LogP contribution is 2.24. The molecule has 12 heavy (non-hydrogen) atoms. The minimum atomic E-state index is 0.697. The summed E-state index contributed by atoms with van der Waals surface area (Å²) < 4.78 is 0. The van der Waals surface area contributed by atoms with Gasteiger partial charge in [-0.05, 0) is 37.5 Å². The van der Waals surface area contributed by atoms with Crippen LogP contribution < -0.4 is 0 Å². The van der Waals surface area contributed by atoms with Crippen molar-refractivity contribution in [3.05, 3.63) is 33.3 Å². The van der Waals surface area contributed by atoms with E-state index in [2.05, 4.69) is 0 Å². The van der Waals surface area contributed by atoms with Gasteiger partial charge in [-0.25, -0.2) is 0 Å². The Bertz CT molecular complexity index is 329. The Balaban J connectivity index is 3.51. The van der Waals surface area contributed by atoms with Gasteiger partial charge in [0, 0.05) is 10.6 Å². The molecule has 0 atom stereocenters. The van der Waals surface area contributed by atoms with Gasteiger partial charge in [-0.3, -0.25) is 4.79 Å². The van der Waals surface area contributed by atoms with Gasteiger partial charge >= 0.3 is 0 Å². The Morgan fingerprint density at radius 2 is 1.83 bits per heavy atom. The number of rotatable bonds is 1. The van der Waals surface area contributed by atoms with Gasteiger partial charge in [0.25, 0.3) is 0 Å². The van der Waals surface area contributed by atoms with Crippen molar-refractivity contribution in [2.24, 2.45) is 0 Å². The summed E-state index contributed by atoms with van der Waals surface area (Å²) in [6, 6.07) is 1.93. The first-order valence-electron chi connectivity index (χ1n) is 3.79. The lowest BCUT2D eigenvalue weighted by molar-refractivity contribution is 0.112. The van der Waals surface area contributed by atoms with Crippen LogP contribution >= 0.6 is 11.6 Å². The third kappa shape index (κ3) is 1.37. The van der Waals surface area contributed by atoms with Crippen molar-refractivity contribution in [2.45, 2.75) is 20.8 Å². The van der Waals surface area contributed by atoms with Crippen molar-refractivity contribution < 1.29 is 4.79 Å². The summed E-state index contributed by atoms with van der Waals surface area (Å²) in [5.41, 5.74) is 3.61. The molecule has 0 saturated heterocycles. The molecule has 2 heteroatoms. The molecular formula is C10H11ClO. The Labute approximate surface area is 77.4 Å². The normalized spacial score (nSPS) is 10.0. The van der Waals surface area contributed by atoms with Crippen LogP contribution in [0.15, 0.2) is 6.07 Å². The van der Waals surface area contributed by atoms with E-state index in [1.807, 2.05) is 26.8 Å². The van der Waals surface area contributed by atoms with Crippen molar-refractivity contribution in [1.82, 2.24) is 0 Å². The average molecular weight is 183 g/mol. The maximum atomic E-state index is 10.7. The van der Waals surface area contributed by atoms with Crippen molar-refractivity contribution in [2.75, 3.05) is 0 Å². The van der Waals surface area contributed by atoms with Crippen LogP contribution in [0.25, 0.3) is 0 Å². The molecule has 1 aromatic carbocycles. The molecule has 0 N–H and O–H groups in total. The third-order valence-electron chi connectivity index (χ3n) is 2.06. The molecule has 0 aliphatic rings. The van der Waals surface area contributed by atoms with Crippen LogP contribution in [0.5, 0.6) is 0 Å². The molecule has 0 heterocycles. The topological polar surface area (TPSA) is 17.1 Å². The quantitative estimate of drug-likeness (QED) is 0.610. The fourth-order valence-electron chi connectivity index (χ4n) is 1.36. The van der Waals surface area contributed by atoms with E-state index in [9.17, 15) is 4.79 Å². The van der Waals surface area contributed by atoms with Gasteiger partial charge in [0.05, 0.1) is 0 Å². The van der Waals surface area contributed by atoms with Crippen molar-refractivity contribution in [3.8, 4) is 0 Å². The second-order valence-corrected chi connectivity index (χ2v) is 3.36. The maximum Gasteiger partial charge on any atom is 0.150 e. The van der Waals surface area contributed by atoms with Gasteiger partial charge in [-0.1, -0.05) is 17.7 Å². The number of carbonyl (C=O) groups excluding carboxylic acids is 1. The lowest BCUT2D eigenvalue weighted by Crippen LogP contribution is -1.94. The Morgan fingerprint density at radius 3 is 2.33 bits per heavy atom. The van der Waals surface area contributed by atoms with Gasteiger partial charge in [0.1, 0.15) is 0 Å². The second-order valence-electron chi connectivity index (χ2n) is 2.98. The molecule has 0 amide bonds. The molecule has 1 aromatic rings. The smallest absolute Gasteiger partial charge is 0.150 e. The predicted octanol–water partition coefficient (Wildman–Crippen LogP) is 3.08. The average Bonchev–Trinajstić information content (AvgIpc) is 2.01. The monoisotopic (exact) mass is 182 g/mol. The fraction of sp³-hybridized carbons (Fsp3) is 0.300. The first-order chi connectivity index (χ1) is 5.57. The molecule has 0 radical (unpaired) electrons. The number of halogens is 1. The van der Waals surface area contributed by atoms with E-state index in [4.69, 9.17) is 11.6 Å². The number of hydrogen-bond donors (Lipinski definition) is 0. The van der Waals surface area contributed by atoms with E-state index in [1.54, 1.807) is 0 Å². The van der Waals surface area contributed by atoms with E-state index in [0.29, 0.717) is 10.6 Å². The Hall–Kier alpha value is -0.820. The first kappa shape index (κ1) is 9.27. The molecule has 0 aliphatic carbocycles. The van der Waals surface area contributed by atoms with Crippen LogP contribution in [-0.2, 0) is 0 Å². The Kier molecular flexibility index (Phi) is 2.53. The maximum absolute atomic E-state index is 10.7. The number of aldehydes is 1. The van der Waals surface area contributed by atoms with E-state index in [1.165, 1.54) is 0 Å². The summed E-state index contributed by atoms with van der Waals surface area (Å²) >= 11 is 5.97. The number of benzene rings is 1. The lowest BCUT2D eigenvalue weighted by Gasteiger charge is -2.07. The van der Waals surface area contributed by atoms with Gasteiger partial charge in [-0.15, -0.1) is 0 Å². The first-order valence-corrected chi connectivity index (χ1v) is 4.17. The summed E-state index contributed by atoms with van der Waals surface area (Å²) in [5.74, 6) is 0.